The minimum Gasteiger partial charge on any atom is -0.308 e. The third kappa shape index (κ3) is 15.7. The minimum absolute atomic E-state index is 0.201. The van der Waals surface area contributed by atoms with Crippen LogP contribution in [0.4, 0.5) is 10.5 Å². The van der Waals surface area contributed by atoms with Crippen LogP contribution < -0.4 is 10.6 Å². The van der Waals surface area contributed by atoms with Crippen molar-refractivity contribution in [2.45, 2.75) is 110 Å². The molecule has 3 amide bonds. The van der Waals surface area contributed by atoms with Gasteiger partial charge in [0.25, 0.3) is 0 Å². The van der Waals surface area contributed by atoms with Gasteiger partial charge in [-0.25, -0.2) is 4.79 Å². The molecule has 0 radical (unpaired) electrons. The Kier molecular flexibility index (Phi) is 15.8. The molecule has 4 heteroatoms. The van der Waals surface area contributed by atoms with Crippen molar-refractivity contribution < 1.29 is 9.59 Å². The lowest BCUT2D eigenvalue weighted by molar-refractivity contribution is -0.120. The highest BCUT2D eigenvalue weighted by Crippen LogP contribution is 2.13. The van der Waals surface area contributed by atoms with Crippen LogP contribution in [0.1, 0.15) is 110 Å². The van der Waals surface area contributed by atoms with Crippen LogP contribution in [0, 0.1) is 0 Å². The maximum Gasteiger partial charge on any atom is 0.325 e. The normalized spacial score (nSPS) is 10.7. The van der Waals surface area contributed by atoms with Gasteiger partial charge in [-0.15, -0.1) is 0 Å². The summed E-state index contributed by atoms with van der Waals surface area (Å²) >= 11 is 0. The van der Waals surface area contributed by atoms with E-state index in [1.54, 1.807) is 12.1 Å². The highest BCUT2D eigenvalue weighted by Gasteiger charge is 2.07. The summed E-state index contributed by atoms with van der Waals surface area (Å²) in [5, 5.41) is 5.05. The molecule has 0 saturated heterocycles. The number of urea groups is 1. The van der Waals surface area contributed by atoms with Crippen LogP contribution >= 0.6 is 0 Å². The van der Waals surface area contributed by atoms with E-state index < -0.39 is 6.03 Å². The van der Waals surface area contributed by atoms with Gasteiger partial charge in [0.1, 0.15) is 0 Å². The molecule has 1 aromatic carbocycles. The van der Waals surface area contributed by atoms with E-state index in [1.807, 2.05) is 18.2 Å². The molecule has 0 spiro atoms. The molecule has 0 unspecified atom stereocenters. The lowest BCUT2D eigenvalue weighted by atomic mass is 10.0. The number of anilines is 1. The maximum absolute atomic E-state index is 11.8. The SMILES string of the molecule is CCCCCCCCCCCCCCCCCC(=O)NC(=O)Nc1ccccc1. The first kappa shape index (κ1) is 25.2. The molecular weight excluding hydrogens is 360 g/mol. The Morgan fingerprint density at radius 3 is 1.59 bits per heavy atom. The molecular formula is C25H42N2O2. The fourth-order valence-corrected chi connectivity index (χ4v) is 3.53. The van der Waals surface area contributed by atoms with Gasteiger partial charge >= 0.3 is 6.03 Å². The van der Waals surface area contributed by atoms with Gasteiger partial charge in [0.05, 0.1) is 0 Å². The standard InChI is InChI=1S/C25H42N2O2/c1-2-3-4-5-6-7-8-9-10-11-12-13-14-15-19-22-24(28)27-25(29)26-23-20-17-16-18-21-23/h16-18,20-21H,2-15,19,22H2,1H3,(H2,26,27,28,29). The molecule has 1 rings (SSSR count). The van der Waals surface area contributed by atoms with Gasteiger partial charge in [-0.1, -0.05) is 115 Å². The monoisotopic (exact) mass is 402 g/mol. The second-order valence-corrected chi connectivity index (χ2v) is 8.07. The number of imide groups is 1. The third-order valence-corrected chi connectivity index (χ3v) is 5.29. The third-order valence-electron chi connectivity index (χ3n) is 5.29. The molecule has 0 heterocycles. The van der Waals surface area contributed by atoms with Gasteiger partial charge in [0.15, 0.2) is 0 Å². The average molecular weight is 403 g/mol. The van der Waals surface area contributed by atoms with Crippen LogP contribution in [-0.4, -0.2) is 11.9 Å². The molecule has 0 saturated carbocycles. The summed E-state index contributed by atoms with van der Waals surface area (Å²) < 4.78 is 0. The predicted molar refractivity (Wildman–Crippen MR) is 123 cm³/mol. The number of rotatable bonds is 17. The fourth-order valence-electron chi connectivity index (χ4n) is 3.53. The van der Waals surface area contributed by atoms with Crippen molar-refractivity contribution in [2.24, 2.45) is 0 Å². The van der Waals surface area contributed by atoms with Crippen molar-refractivity contribution in [2.75, 3.05) is 5.32 Å². The molecule has 0 aliphatic heterocycles. The molecule has 29 heavy (non-hydrogen) atoms. The predicted octanol–water partition coefficient (Wildman–Crippen LogP) is 7.60. The van der Waals surface area contributed by atoms with Crippen LogP contribution in [-0.2, 0) is 4.79 Å². The van der Waals surface area contributed by atoms with Crippen molar-refractivity contribution in [1.29, 1.82) is 0 Å². The summed E-state index contributed by atoms with van der Waals surface area (Å²) in [5.74, 6) is -0.201. The van der Waals surface area contributed by atoms with Crippen molar-refractivity contribution in [3.8, 4) is 0 Å². The largest absolute Gasteiger partial charge is 0.325 e. The second kappa shape index (κ2) is 18.2. The zero-order valence-electron chi connectivity index (χ0n) is 18.5. The molecule has 164 valence electrons. The van der Waals surface area contributed by atoms with Gasteiger partial charge in [-0.2, -0.15) is 0 Å². The Bertz CT molecular complexity index is 531. The quantitative estimate of drug-likeness (QED) is 0.264. The lowest BCUT2D eigenvalue weighted by Crippen LogP contribution is -2.34. The second-order valence-electron chi connectivity index (χ2n) is 8.07. The topological polar surface area (TPSA) is 58.2 Å². The number of unbranched alkanes of at least 4 members (excludes halogenated alkanes) is 14. The first-order chi connectivity index (χ1) is 14.2. The summed E-state index contributed by atoms with van der Waals surface area (Å²) in [5.41, 5.74) is 0.685. The molecule has 4 nitrogen and oxygen atoms in total. The van der Waals surface area contributed by atoms with Crippen LogP contribution in [0.5, 0.6) is 0 Å². The number of para-hydroxylation sites is 1. The Morgan fingerprint density at radius 1 is 0.655 bits per heavy atom. The van der Waals surface area contributed by atoms with Gasteiger partial charge in [0.2, 0.25) is 5.91 Å². The summed E-state index contributed by atoms with van der Waals surface area (Å²) in [4.78, 5) is 23.5. The lowest BCUT2D eigenvalue weighted by Gasteiger charge is -2.06. The molecule has 0 fully saturated rings. The number of carbonyl (C=O) groups is 2. The molecule has 1 aromatic rings. The van der Waals surface area contributed by atoms with Crippen molar-refractivity contribution >= 4 is 17.6 Å². The van der Waals surface area contributed by atoms with Crippen LogP contribution in [0.3, 0.4) is 0 Å². The Morgan fingerprint density at radius 2 is 1.10 bits per heavy atom. The van der Waals surface area contributed by atoms with E-state index in [0.717, 1.165) is 12.8 Å². The fraction of sp³-hybridized carbons (Fsp3) is 0.680. The number of amides is 3. The van der Waals surface area contributed by atoms with Crippen molar-refractivity contribution in [1.82, 2.24) is 5.32 Å². The number of hydrogen-bond donors (Lipinski definition) is 2. The Hall–Kier alpha value is -1.84. The first-order valence-electron chi connectivity index (χ1n) is 11.9. The van der Waals surface area contributed by atoms with E-state index in [0.29, 0.717) is 12.1 Å². The van der Waals surface area contributed by atoms with E-state index in [1.165, 1.54) is 83.5 Å². The zero-order chi connectivity index (χ0) is 21.0. The van der Waals surface area contributed by atoms with Crippen molar-refractivity contribution in [3.63, 3.8) is 0 Å². The van der Waals surface area contributed by atoms with Crippen LogP contribution in [0.25, 0.3) is 0 Å². The van der Waals surface area contributed by atoms with Gasteiger partial charge in [-0.3, -0.25) is 10.1 Å². The zero-order valence-corrected chi connectivity index (χ0v) is 18.5. The highest BCUT2D eigenvalue weighted by atomic mass is 16.2. The van der Waals surface area contributed by atoms with Crippen LogP contribution in [0.2, 0.25) is 0 Å². The van der Waals surface area contributed by atoms with Gasteiger partial charge in [0, 0.05) is 12.1 Å². The summed E-state index contributed by atoms with van der Waals surface area (Å²) in [6, 6.07) is 8.68. The number of nitrogens with one attached hydrogen (secondary N) is 2. The number of carbonyl (C=O) groups excluding carboxylic acids is 2. The van der Waals surface area contributed by atoms with E-state index in [4.69, 9.17) is 0 Å². The molecule has 0 aromatic heterocycles. The summed E-state index contributed by atoms with van der Waals surface area (Å²) in [6.07, 6.45) is 20.0. The minimum atomic E-state index is -0.456. The number of benzene rings is 1. The average Bonchev–Trinajstić information content (AvgIpc) is 2.71. The molecule has 2 N–H and O–H groups in total. The summed E-state index contributed by atoms with van der Waals surface area (Å²) in [7, 11) is 0. The van der Waals surface area contributed by atoms with Gasteiger partial charge < -0.3 is 5.32 Å². The Balaban J connectivity index is 1.83. The molecule has 0 bridgehead atoms. The van der Waals surface area contributed by atoms with Gasteiger partial charge in [-0.05, 0) is 18.6 Å². The first-order valence-corrected chi connectivity index (χ1v) is 11.9. The summed E-state index contributed by atoms with van der Waals surface area (Å²) in [6.45, 7) is 2.27. The highest BCUT2D eigenvalue weighted by molar-refractivity contribution is 6.01. The van der Waals surface area contributed by atoms with E-state index in [9.17, 15) is 9.59 Å². The van der Waals surface area contributed by atoms with E-state index >= 15 is 0 Å². The van der Waals surface area contributed by atoms with E-state index in [2.05, 4.69) is 17.6 Å². The van der Waals surface area contributed by atoms with E-state index in [-0.39, 0.29) is 5.91 Å². The molecule has 0 atom stereocenters. The molecule has 0 aliphatic carbocycles. The smallest absolute Gasteiger partial charge is 0.308 e. The Labute approximate surface area is 178 Å². The molecule has 0 aliphatic rings. The van der Waals surface area contributed by atoms with Crippen LogP contribution in [0.15, 0.2) is 30.3 Å². The number of hydrogen-bond acceptors (Lipinski definition) is 2. The van der Waals surface area contributed by atoms with Crippen molar-refractivity contribution in [3.05, 3.63) is 30.3 Å². The maximum atomic E-state index is 11.8.